The van der Waals surface area contributed by atoms with Crippen LogP contribution in [0.2, 0.25) is 0 Å². The molecular weight excluding hydrogens is 200 g/mol. The molecule has 1 unspecified atom stereocenters. The maximum Gasteiger partial charge on any atom is 0.239 e. The monoisotopic (exact) mass is 226 g/mol. The van der Waals surface area contributed by atoms with Crippen LogP contribution in [0.5, 0.6) is 0 Å². The maximum absolute atomic E-state index is 12.2. The predicted octanol–water partition coefficient (Wildman–Crippen LogP) is 2.17. The Kier molecular flexibility index (Phi) is 4.78. The van der Waals surface area contributed by atoms with Crippen LogP contribution < -0.4 is 5.32 Å². The summed E-state index contributed by atoms with van der Waals surface area (Å²) >= 11 is 0. The Morgan fingerprint density at radius 3 is 2.38 bits per heavy atom. The molecule has 1 saturated heterocycles. The molecule has 1 fully saturated rings. The average Bonchev–Trinajstić information content (AvgIpc) is 2.28. The lowest BCUT2D eigenvalue weighted by Crippen LogP contribution is -2.53. The Morgan fingerprint density at radius 2 is 1.88 bits per heavy atom. The zero-order valence-corrected chi connectivity index (χ0v) is 11.2. The molecule has 1 rings (SSSR count). The van der Waals surface area contributed by atoms with E-state index < -0.39 is 0 Å². The number of nitrogens with one attached hydrogen (secondary N) is 1. The van der Waals surface area contributed by atoms with Gasteiger partial charge in [-0.1, -0.05) is 6.92 Å². The first-order valence-corrected chi connectivity index (χ1v) is 6.53. The molecule has 1 atom stereocenters. The van der Waals surface area contributed by atoms with E-state index in [2.05, 4.69) is 26.1 Å². The van der Waals surface area contributed by atoms with Crippen molar-refractivity contribution in [3.63, 3.8) is 0 Å². The van der Waals surface area contributed by atoms with Crippen LogP contribution in [0.25, 0.3) is 0 Å². The van der Waals surface area contributed by atoms with Crippen molar-refractivity contribution in [1.82, 2.24) is 10.2 Å². The number of carbonyl (C=O) groups is 1. The molecule has 3 heteroatoms. The van der Waals surface area contributed by atoms with Gasteiger partial charge in [-0.25, -0.2) is 0 Å². The van der Waals surface area contributed by atoms with Crippen LogP contribution in [0, 0.1) is 0 Å². The van der Waals surface area contributed by atoms with Crippen molar-refractivity contribution < 1.29 is 4.79 Å². The highest BCUT2D eigenvalue weighted by atomic mass is 16.2. The third kappa shape index (κ3) is 3.78. The molecule has 0 aromatic carbocycles. The first-order chi connectivity index (χ1) is 7.46. The van der Waals surface area contributed by atoms with Crippen LogP contribution in [-0.4, -0.2) is 35.5 Å². The van der Waals surface area contributed by atoms with Crippen LogP contribution in [0.15, 0.2) is 0 Å². The van der Waals surface area contributed by atoms with Gasteiger partial charge in [0, 0.05) is 18.6 Å². The van der Waals surface area contributed by atoms with Crippen molar-refractivity contribution in [3.05, 3.63) is 0 Å². The number of likely N-dealkylation sites (tertiary alicyclic amines) is 1. The van der Waals surface area contributed by atoms with Gasteiger partial charge in [0.05, 0.1) is 6.04 Å². The first-order valence-electron chi connectivity index (χ1n) is 6.53. The van der Waals surface area contributed by atoms with Gasteiger partial charge in [0.15, 0.2) is 0 Å². The van der Waals surface area contributed by atoms with Crippen molar-refractivity contribution in [3.8, 4) is 0 Å². The van der Waals surface area contributed by atoms with E-state index in [-0.39, 0.29) is 17.5 Å². The van der Waals surface area contributed by atoms with Crippen molar-refractivity contribution in [2.24, 2.45) is 0 Å². The Morgan fingerprint density at radius 1 is 1.31 bits per heavy atom. The highest BCUT2D eigenvalue weighted by molar-refractivity contribution is 5.81. The van der Waals surface area contributed by atoms with Crippen LogP contribution in [0.1, 0.15) is 53.4 Å². The summed E-state index contributed by atoms with van der Waals surface area (Å²) in [5, 5.41) is 3.41. The Balaban J connectivity index is 2.46. The second kappa shape index (κ2) is 5.67. The SMILES string of the molecule is CCC(C)(C)NC(C)C(=O)N1CCCCC1. The minimum Gasteiger partial charge on any atom is -0.341 e. The molecule has 1 N–H and O–H groups in total. The largest absolute Gasteiger partial charge is 0.341 e. The lowest BCUT2D eigenvalue weighted by molar-refractivity contribution is -0.134. The molecule has 16 heavy (non-hydrogen) atoms. The van der Waals surface area contributed by atoms with Gasteiger partial charge in [0.2, 0.25) is 5.91 Å². The number of amides is 1. The summed E-state index contributed by atoms with van der Waals surface area (Å²) in [4.78, 5) is 14.2. The van der Waals surface area contributed by atoms with Gasteiger partial charge in [0.25, 0.3) is 0 Å². The quantitative estimate of drug-likeness (QED) is 0.797. The number of nitrogens with zero attached hydrogens (tertiary/aromatic N) is 1. The molecule has 0 radical (unpaired) electrons. The van der Waals surface area contributed by atoms with Crippen LogP contribution in [0.3, 0.4) is 0 Å². The van der Waals surface area contributed by atoms with E-state index in [4.69, 9.17) is 0 Å². The molecule has 0 saturated carbocycles. The second-order valence-corrected chi connectivity index (χ2v) is 5.49. The Hall–Kier alpha value is -0.570. The second-order valence-electron chi connectivity index (χ2n) is 5.49. The molecule has 3 nitrogen and oxygen atoms in total. The zero-order chi connectivity index (χ0) is 12.2. The molecule has 0 aromatic rings. The minimum absolute atomic E-state index is 0.0465. The number of hydrogen-bond donors (Lipinski definition) is 1. The molecule has 0 aromatic heterocycles. The van der Waals surface area contributed by atoms with E-state index in [1.54, 1.807) is 0 Å². The Bertz CT molecular complexity index is 232. The van der Waals surface area contributed by atoms with Crippen molar-refractivity contribution in [2.45, 2.75) is 65.0 Å². The number of hydrogen-bond acceptors (Lipinski definition) is 2. The van der Waals surface area contributed by atoms with Gasteiger partial charge < -0.3 is 10.2 Å². The lowest BCUT2D eigenvalue weighted by atomic mass is 10.0. The summed E-state index contributed by atoms with van der Waals surface area (Å²) in [7, 11) is 0. The van der Waals surface area contributed by atoms with E-state index in [1.807, 2.05) is 11.8 Å². The van der Waals surface area contributed by atoms with E-state index in [1.165, 1.54) is 6.42 Å². The van der Waals surface area contributed by atoms with Crippen LogP contribution in [-0.2, 0) is 4.79 Å². The molecule has 1 heterocycles. The summed E-state index contributed by atoms with van der Waals surface area (Å²) in [5.74, 6) is 0.265. The topological polar surface area (TPSA) is 32.3 Å². The maximum atomic E-state index is 12.2. The molecule has 0 aliphatic carbocycles. The normalized spacial score (nSPS) is 19.6. The summed E-state index contributed by atoms with van der Waals surface area (Å²) in [6.45, 7) is 10.3. The first kappa shape index (κ1) is 13.5. The number of rotatable bonds is 4. The molecule has 94 valence electrons. The van der Waals surface area contributed by atoms with Gasteiger partial charge >= 0.3 is 0 Å². The fraction of sp³-hybridized carbons (Fsp3) is 0.923. The van der Waals surface area contributed by atoms with Crippen molar-refractivity contribution >= 4 is 5.91 Å². The summed E-state index contributed by atoms with van der Waals surface area (Å²) in [5.41, 5.74) is 0.0465. The fourth-order valence-corrected chi connectivity index (χ4v) is 2.14. The number of piperidine rings is 1. The van der Waals surface area contributed by atoms with Gasteiger partial charge in [-0.3, -0.25) is 4.79 Å². The Labute approximate surface area is 99.6 Å². The van der Waals surface area contributed by atoms with E-state index in [0.29, 0.717) is 0 Å². The highest BCUT2D eigenvalue weighted by Gasteiger charge is 2.26. The average molecular weight is 226 g/mol. The van der Waals surface area contributed by atoms with E-state index in [9.17, 15) is 4.79 Å². The molecule has 1 aliphatic rings. The van der Waals surface area contributed by atoms with Gasteiger partial charge in [-0.05, 0) is 46.5 Å². The van der Waals surface area contributed by atoms with Gasteiger partial charge in [-0.2, -0.15) is 0 Å². The van der Waals surface area contributed by atoms with Crippen LogP contribution in [0.4, 0.5) is 0 Å². The molecule has 1 amide bonds. The fourth-order valence-electron chi connectivity index (χ4n) is 2.14. The van der Waals surface area contributed by atoms with Crippen molar-refractivity contribution in [1.29, 1.82) is 0 Å². The molecule has 0 bridgehead atoms. The van der Waals surface area contributed by atoms with Crippen molar-refractivity contribution in [2.75, 3.05) is 13.1 Å². The van der Waals surface area contributed by atoms with Crippen LogP contribution >= 0.6 is 0 Å². The molecule has 0 spiro atoms. The summed E-state index contributed by atoms with van der Waals surface area (Å²) in [6, 6.07) is -0.0620. The summed E-state index contributed by atoms with van der Waals surface area (Å²) < 4.78 is 0. The highest BCUT2D eigenvalue weighted by Crippen LogP contribution is 2.13. The van der Waals surface area contributed by atoms with E-state index in [0.717, 1.165) is 32.4 Å². The summed E-state index contributed by atoms with van der Waals surface area (Å²) in [6.07, 6.45) is 4.63. The molecular formula is C13H26N2O. The predicted molar refractivity (Wildman–Crippen MR) is 67.4 cm³/mol. The minimum atomic E-state index is -0.0620. The zero-order valence-electron chi connectivity index (χ0n) is 11.2. The van der Waals surface area contributed by atoms with E-state index >= 15 is 0 Å². The van der Waals surface area contributed by atoms with Gasteiger partial charge in [-0.15, -0.1) is 0 Å². The van der Waals surface area contributed by atoms with Gasteiger partial charge in [0.1, 0.15) is 0 Å². The third-order valence-corrected chi connectivity index (χ3v) is 3.53. The third-order valence-electron chi connectivity index (χ3n) is 3.53. The standard InChI is InChI=1S/C13H26N2O/c1-5-13(3,4)14-11(2)12(16)15-9-7-6-8-10-15/h11,14H,5-10H2,1-4H3. The number of carbonyl (C=O) groups excluding carboxylic acids is 1. The molecule has 1 aliphatic heterocycles. The smallest absolute Gasteiger partial charge is 0.239 e. The lowest BCUT2D eigenvalue weighted by Gasteiger charge is -2.33.